The largest absolute Gasteiger partial charge is 0.362 e. The Morgan fingerprint density at radius 3 is 2.41 bits per heavy atom. The van der Waals surface area contributed by atoms with Gasteiger partial charge in [-0.05, 0) is 26.8 Å². The summed E-state index contributed by atoms with van der Waals surface area (Å²) in [5.74, 6) is -1.85. The van der Waals surface area contributed by atoms with Gasteiger partial charge in [0, 0.05) is 12.0 Å². The van der Waals surface area contributed by atoms with Crippen molar-refractivity contribution in [2.75, 3.05) is 0 Å². The Bertz CT molecular complexity index is 979. The molecule has 1 aliphatic rings. The van der Waals surface area contributed by atoms with E-state index in [4.69, 9.17) is 0 Å². The first-order valence-corrected chi connectivity index (χ1v) is 7.40. The summed E-state index contributed by atoms with van der Waals surface area (Å²) >= 11 is 0. The standard InChI is InChI=1S/C20H16O2/c21-20(22)13-12-15-7-2-4-10-17(15)19(20)18-11-5-8-14-6-1-3-9-16(14)18/h1-12,21-22H,13H2. The average Bonchev–Trinajstić information content (AvgIpc) is 2.54. The zero-order valence-electron chi connectivity index (χ0n) is 12.0. The summed E-state index contributed by atoms with van der Waals surface area (Å²) in [4.78, 5) is 0. The molecule has 0 spiro atoms. The highest BCUT2D eigenvalue weighted by molar-refractivity contribution is 5.95. The van der Waals surface area contributed by atoms with Crippen LogP contribution in [-0.2, 0) is 0 Å². The molecule has 0 heterocycles. The third kappa shape index (κ3) is 1.97. The van der Waals surface area contributed by atoms with Gasteiger partial charge in [0.05, 0.1) is 0 Å². The van der Waals surface area contributed by atoms with Crippen LogP contribution in [0, 0.1) is 0 Å². The molecule has 3 aromatic carbocycles. The molecule has 2 N–H and O–H groups in total. The molecule has 0 fully saturated rings. The molecule has 2 heteroatoms. The normalized spacial score (nSPS) is 16.2. The summed E-state index contributed by atoms with van der Waals surface area (Å²) in [5, 5.41) is 25.2. The molecule has 108 valence electrons. The van der Waals surface area contributed by atoms with Crippen LogP contribution in [0.5, 0.6) is 0 Å². The Kier molecular flexibility index (Phi) is 2.89. The number of fused-ring (bicyclic) bond motifs is 2. The molecule has 22 heavy (non-hydrogen) atoms. The molecule has 1 aliphatic carbocycles. The maximum absolute atomic E-state index is 10.6. The predicted octanol–water partition coefficient (Wildman–Crippen LogP) is 1.90. The van der Waals surface area contributed by atoms with E-state index in [0.29, 0.717) is 5.57 Å². The van der Waals surface area contributed by atoms with Gasteiger partial charge in [-0.25, -0.2) is 0 Å². The summed E-state index contributed by atoms with van der Waals surface area (Å²) in [5.41, 5.74) is 1.46. The molecule has 0 unspecified atom stereocenters. The molecule has 0 bridgehead atoms. The lowest BCUT2D eigenvalue weighted by Gasteiger charge is -2.28. The second kappa shape index (κ2) is 4.80. The Balaban J connectivity index is 2.19. The molecule has 2 nitrogen and oxygen atoms in total. The van der Waals surface area contributed by atoms with Crippen molar-refractivity contribution < 1.29 is 10.2 Å². The predicted molar refractivity (Wildman–Crippen MR) is 88.4 cm³/mol. The summed E-state index contributed by atoms with van der Waals surface area (Å²) in [6.07, 6.45) is 2.08. The van der Waals surface area contributed by atoms with Crippen LogP contribution in [0.25, 0.3) is 22.4 Å². The number of hydrogen-bond acceptors (Lipinski definition) is 2. The van der Waals surface area contributed by atoms with Crippen molar-refractivity contribution in [3.05, 3.63) is 82.7 Å². The minimum Gasteiger partial charge on any atom is -0.362 e. The monoisotopic (exact) mass is 288 g/mol. The van der Waals surface area contributed by atoms with Gasteiger partial charge >= 0.3 is 0 Å². The van der Waals surface area contributed by atoms with Crippen LogP contribution in [-0.4, -0.2) is 16.0 Å². The molecule has 0 saturated heterocycles. The molecular weight excluding hydrogens is 272 g/mol. The van der Waals surface area contributed by atoms with Crippen molar-refractivity contribution in [1.82, 2.24) is 0 Å². The maximum Gasteiger partial charge on any atom is 0.194 e. The van der Waals surface area contributed by atoms with Gasteiger partial charge in [-0.3, -0.25) is 0 Å². The Morgan fingerprint density at radius 2 is 1.50 bits per heavy atom. The Morgan fingerprint density at radius 1 is 0.773 bits per heavy atom. The van der Waals surface area contributed by atoms with Gasteiger partial charge in [0.25, 0.3) is 0 Å². The van der Waals surface area contributed by atoms with Crippen LogP contribution in [0.2, 0.25) is 0 Å². The SMILES string of the molecule is OC1(O)CC=c2ccccc2=C1c1cccc2ccccc12. The maximum atomic E-state index is 10.6. The van der Waals surface area contributed by atoms with Gasteiger partial charge in [-0.1, -0.05) is 72.8 Å². The highest BCUT2D eigenvalue weighted by Gasteiger charge is 2.32. The highest BCUT2D eigenvalue weighted by Crippen LogP contribution is 2.32. The van der Waals surface area contributed by atoms with Crippen LogP contribution in [0.4, 0.5) is 0 Å². The third-order valence-electron chi connectivity index (χ3n) is 4.30. The first kappa shape index (κ1) is 13.3. The molecular formula is C20H16O2. The molecule has 0 aromatic heterocycles. The van der Waals surface area contributed by atoms with Crippen LogP contribution in [0.3, 0.4) is 0 Å². The van der Waals surface area contributed by atoms with E-state index in [1.54, 1.807) is 0 Å². The van der Waals surface area contributed by atoms with Crippen molar-refractivity contribution in [3.63, 3.8) is 0 Å². The lowest BCUT2D eigenvalue weighted by Crippen LogP contribution is -2.43. The summed E-state index contributed by atoms with van der Waals surface area (Å²) < 4.78 is 0. The number of aliphatic hydroxyl groups is 2. The van der Waals surface area contributed by atoms with Gasteiger partial charge in [0.15, 0.2) is 5.79 Å². The second-order valence-electron chi connectivity index (χ2n) is 5.71. The van der Waals surface area contributed by atoms with Crippen molar-refractivity contribution in [3.8, 4) is 0 Å². The van der Waals surface area contributed by atoms with Crippen molar-refractivity contribution in [2.24, 2.45) is 0 Å². The first-order chi connectivity index (χ1) is 10.7. The molecule has 0 radical (unpaired) electrons. The fourth-order valence-electron chi connectivity index (χ4n) is 3.28. The van der Waals surface area contributed by atoms with Crippen LogP contribution in [0.1, 0.15) is 12.0 Å². The first-order valence-electron chi connectivity index (χ1n) is 7.40. The van der Waals surface area contributed by atoms with E-state index in [1.807, 2.05) is 72.8 Å². The minimum atomic E-state index is -1.85. The van der Waals surface area contributed by atoms with Gasteiger partial charge in [0.2, 0.25) is 0 Å². The molecule has 4 rings (SSSR count). The quantitative estimate of drug-likeness (QED) is 0.672. The fourth-order valence-corrected chi connectivity index (χ4v) is 3.28. The van der Waals surface area contributed by atoms with Gasteiger partial charge in [-0.15, -0.1) is 0 Å². The van der Waals surface area contributed by atoms with E-state index in [1.165, 1.54) is 0 Å². The lowest BCUT2D eigenvalue weighted by atomic mass is 9.86. The molecule has 0 amide bonds. The van der Waals surface area contributed by atoms with E-state index in [0.717, 1.165) is 26.8 Å². The lowest BCUT2D eigenvalue weighted by molar-refractivity contribution is -0.103. The van der Waals surface area contributed by atoms with Crippen molar-refractivity contribution >= 4 is 22.4 Å². The zero-order chi connectivity index (χ0) is 15.2. The van der Waals surface area contributed by atoms with Gasteiger partial charge in [-0.2, -0.15) is 0 Å². The van der Waals surface area contributed by atoms with Crippen LogP contribution >= 0.6 is 0 Å². The van der Waals surface area contributed by atoms with E-state index in [-0.39, 0.29) is 6.42 Å². The summed E-state index contributed by atoms with van der Waals surface area (Å²) in [6.45, 7) is 0. The zero-order valence-corrected chi connectivity index (χ0v) is 12.0. The molecule has 0 saturated carbocycles. The number of hydrogen-bond donors (Lipinski definition) is 2. The van der Waals surface area contributed by atoms with Crippen LogP contribution < -0.4 is 10.4 Å². The summed E-state index contributed by atoms with van der Waals surface area (Å²) in [7, 11) is 0. The molecule has 0 aliphatic heterocycles. The molecule has 3 aromatic rings. The van der Waals surface area contributed by atoms with E-state index in [2.05, 4.69) is 0 Å². The molecule has 0 atom stereocenters. The second-order valence-corrected chi connectivity index (χ2v) is 5.71. The summed E-state index contributed by atoms with van der Waals surface area (Å²) in [6, 6.07) is 21.8. The number of benzene rings is 3. The van der Waals surface area contributed by atoms with E-state index < -0.39 is 5.79 Å². The Hall–Kier alpha value is -2.42. The average molecular weight is 288 g/mol. The number of rotatable bonds is 1. The third-order valence-corrected chi connectivity index (χ3v) is 4.30. The van der Waals surface area contributed by atoms with E-state index >= 15 is 0 Å². The van der Waals surface area contributed by atoms with E-state index in [9.17, 15) is 10.2 Å². The fraction of sp³-hybridized carbons (Fsp3) is 0.100. The Labute approximate surface area is 128 Å². The van der Waals surface area contributed by atoms with Gasteiger partial charge < -0.3 is 10.2 Å². The van der Waals surface area contributed by atoms with Crippen molar-refractivity contribution in [2.45, 2.75) is 12.2 Å². The minimum absolute atomic E-state index is 0.197. The highest BCUT2D eigenvalue weighted by atomic mass is 16.5. The smallest absolute Gasteiger partial charge is 0.194 e. The van der Waals surface area contributed by atoms with Crippen molar-refractivity contribution in [1.29, 1.82) is 0 Å². The van der Waals surface area contributed by atoms with Crippen LogP contribution in [0.15, 0.2) is 66.7 Å². The van der Waals surface area contributed by atoms with Gasteiger partial charge in [0.1, 0.15) is 0 Å². The topological polar surface area (TPSA) is 40.5 Å².